The summed E-state index contributed by atoms with van der Waals surface area (Å²) in [4.78, 5) is 11.8. The number of sulfone groups is 1. The second-order valence-corrected chi connectivity index (χ2v) is 7.15. The lowest BCUT2D eigenvalue weighted by atomic mass is 10.1. The molecule has 1 fully saturated rings. The number of amides is 1. The number of nitrogens with one attached hydrogen (secondary N) is 1. The van der Waals surface area contributed by atoms with E-state index in [1.165, 1.54) is 0 Å². The summed E-state index contributed by atoms with van der Waals surface area (Å²) in [6, 6.07) is 6.66. The molecule has 1 aliphatic heterocycles. The van der Waals surface area contributed by atoms with E-state index in [1.54, 1.807) is 24.3 Å². The molecule has 1 N–H and O–H groups in total. The number of carbonyl (C=O) groups is 1. The van der Waals surface area contributed by atoms with Crippen LogP contribution in [0.25, 0.3) is 0 Å². The van der Waals surface area contributed by atoms with Gasteiger partial charge in [0.2, 0.25) is 0 Å². The summed E-state index contributed by atoms with van der Waals surface area (Å²) in [6.07, 6.45) is 0.623. The summed E-state index contributed by atoms with van der Waals surface area (Å²) in [6.45, 7) is 0.393. The number of rotatable bonds is 3. The molecule has 2 rings (SSSR count). The van der Waals surface area contributed by atoms with E-state index in [9.17, 15) is 13.2 Å². The molecule has 1 heterocycles. The number of carbonyl (C=O) groups excluding carboxylic acids is 1. The topological polar surface area (TPSA) is 63.2 Å². The van der Waals surface area contributed by atoms with Gasteiger partial charge in [0.25, 0.3) is 5.91 Å². The molecule has 0 bridgehead atoms. The third-order valence-corrected chi connectivity index (χ3v) is 5.04. The second-order valence-electron chi connectivity index (χ2n) is 4.49. The van der Waals surface area contributed by atoms with Crippen molar-refractivity contribution >= 4 is 27.3 Å². The van der Waals surface area contributed by atoms with Crippen molar-refractivity contribution in [2.75, 3.05) is 18.1 Å². The van der Waals surface area contributed by atoms with E-state index in [0.717, 1.165) is 0 Å². The Morgan fingerprint density at radius 3 is 2.83 bits per heavy atom. The number of benzene rings is 1. The molecule has 1 aliphatic rings. The van der Waals surface area contributed by atoms with Gasteiger partial charge >= 0.3 is 0 Å². The minimum Gasteiger partial charge on any atom is -0.352 e. The fraction of sp³-hybridized carbons (Fsp3) is 0.417. The maximum absolute atomic E-state index is 11.8. The van der Waals surface area contributed by atoms with Gasteiger partial charge < -0.3 is 5.32 Å². The van der Waals surface area contributed by atoms with Crippen LogP contribution in [0.15, 0.2) is 24.3 Å². The van der Waals surface area contributed by atoms with E-state index >= 15 is 0 Å². The van der Waals surface area contributed by atoms with Gasteiger partial charge in [0, 0.05) is 17.1 Å². The van der Waals surface area contributed by atoms with Crippen LogP contribution in [0.2, 0.25) is 5.02 Å². The Labute approximate surface area is 111 Å². The van der Waals surface area contributed by atoms with Crippen molar-refractivity contribution < 1.29 is 13.2 Å². The molecule has 1 atom stereocenters. The largest absolute Gasteiger partial charge is 0.352 e. The van der Waals surface area contributed by atoms with Gasteiger partial charge in [-0.2, -0.15) is 0 Å². The zero-order valence-electron chi connectivity index (χ0n) is 9.73. The Morgan fingerprint density at radius 2 is 2.22 bits per heavy atom. The van der Waals surface area contributed by atoms with Crippen molar-refractivity contribution in [3.05, 3.63) is 34.9 Å². The van der Waals surface area contributed by atoms with Crippen molar-refractivity contribution in [2.24, 2.45) is 5.92 Å². The monoisotopic (exact) mass is 287 g/mol. The van der Waals surface area contributed by atoms with E-state index in [-0.39, 0.29) is 23.3 Å². The number of halogens is 1. The fourth-order valence-corrected chi connectivity index (χ4v) is 4.05. The molecule has 1 aromatic carbocycles. The first kappa shape index (κ1) is 13.4. The Hall–Kier alpha value is -1.07. The average Bonchev–Trinajstić information content (AvgIpc) is 2.66. The molecule has 1 amide bonds. The Morgan fingerprint density at radius 1 is 1.44 bits per heavy atom. The van der Waals surface area contributed by atoms with Crippen molar-refractivity contribution in [3.8, 4) is 0 Å². The summed E-state index contributed by atoms with van der Waals surface area (Å²) in [5.41, 5.74) is 0.489. The molecular weight excluding hydrogens is 274 g/mol. The SMILES string of the molecule is O=C(NCC1CCS(=O)(=O)C1)c1cccc(Cl)c1. The molecule has 98 valence electrons. The highest BCUT2D eigenvalue weighted by Crippen LogP contribution is 2.17. The Balaban J connectivity index is 1.90. The molecule has 0 spiro atoms. The van der Waals surface area contributed by atoms with E-state index in [2.05, 4.69) is 5.32 Å². The van der Waals surface area contributed by atoms with Gasteiger partial charge in [-0.3, -0.25) is 4.79 Å². The molecular formula is C12H14ClNO3S. The molecule has 0 radical (unpaired) electrons. The van der Waals surface area contributed by atoms with Crippen molar-refractivity contribution in [3.63, 3.8) is 0 Å². The number of hydrogen-bond acceptors (Lipinski definition) is 3. The molecule has 0 aliphatic carbocycles. The van der Waals surface area contributed by atoms with Gasteiger partial charge in [0.15, 0.2) is 9.84 Å². The van der Waals surface area contributed by atoms with Gasteiger partial charge in [0.1, 0.15) is 0 Å². The van der Waals surface area contributed by atoms with E-state index in [4.69, 9.17) is 11.6 Å². The highest BCUT2D eigenvalue weighted by molar-refractivity contribution is 7.91. The van der Waals surface area contributed by atoms with Gasteiger partial charge in [-0.15, -0.1) is 0 Å². The Kier molecular flexibility index (Phi) is 3.92. The smallest absolute Gasteiger partial charge is 0.251 e. The third-order valence-electron chi connectivity index (χ3n) is 2.96. The molecule has 1 aromatic rings. The normalized spacial score (nSPS) is 21.7. The van der Waals surface area contributed by atoms with Crippen LogP contribution in [0.3, 0.4) is 0 Å². The second kappa shape index (κ2) is 5.28. The highest BCUT2D eigenvalue weighted by atomic mass is 35.5. The molecule has 1 unspecified atom stereocenters. The van der Waals surface area contributed by atoms with Crippen LogP contribution in [0.4, 0.5) is 0 Å². The van der Waals surface area contributed by atoms with Gasteiger partial charge in [-0.25, -0.2) is 8.42 Å². The average molecular weight is 288 g/mol. The van der Waals surface area contributed by atoms with Crippen LogP contribution in [0, 0.1) is 5.92 Å². The molecule has 18 heavy (non-hydrogen) atoms. The minimum absolute atomic E-state index is 0.0261. The molecule has 0 saturated carbocycles. The zero-order chi connectivity index (χ0) is 13.2. The maximum Gasteiger partial charge on any atom is 0.251 e. The first-order valence-electron chi connectivity index (χ1n) is 5.70. The standard InChI is InChI=1S/C12H14ClNO3S/c13-11-3-1-2-10(6-11)12(15)14-7-9-4-5-18(16,17)8-9/h1-3,6,9H,4-5,7-8H2,(H,14,15). The first-order valence-corrected chi connectivity index (χ1v) is 7.90. The van der Waals surface area contributed by atoms with Crippen LogP contribution >= 0.6 is 11.6 Å². The van der Waals surface area contributed by atoms with Crippen LogP contribution in [0.5, 0.6) is 0 Å². The van der Waals surface area contributed by atoms with Gasteiger partial charge in [-0.1, -0.05) is 17.7 Å². The predicted molar refractivity (Wildman–Crippen MR) is 70.5 cm³/mol. The summed E-state index contributed by atoms with van der Waals surface area (Å²) in [5, 5.41) is 3.25. The lowest BCUT2D eigenvalue weighted by Gasteiger charge is -2.09. The minimum atomic E-state index is -2.89. The predicted octanol–water partition coefficient (Wildman–Crippen LogP) is 1.50. The summed E-state index contributed by atoms with van der Waals surface area (Å²) in [7, 11) is -2.89. The fourth-order valence-electron chi connectivity index (χ4n) is 2.00. The van der Waals surface area contributed by atoms with E-state index in [0.29, 0.717) is 23.6 Å². The maximum atomic E-state index is 11.8. The van der Waals surface area contributed by atoms with Crippen LogP contribution in [0.1, 0.15) is 16.8 Å². The van der Waals surface area contributed by atoms with Crippen molar-refractivity contribution in [1.82, 2.24) is 5.32 Å². The van der Waals surface area contributed by atoms with Crippen LogP contribution in [-0.2, 0) is 9.84 Å². The van der Waals surface area contributed by atoms with E-state index in [1.807, 2.05) is 0 Å². The van der Waals surface area contributed by atoms with Gasteiger partial charge in [0.05, 0.1) is 11.5 Å². The third kappa shape index (κ3) is 3.46. The molecule has 4 nitrogen and oxygen atoms in total. The summed E-state index contributed by atoms with van der Waals surface area (Å²) < 4.78 is 22.5. The first-order chi connectivity index (χ1) is 8.46. The van der Waals surface area contributed by atoms with E-state index < -0.39 is 9.84 Å². The Bertz CT molecular complexity index is 556. The van der Waals surface area contributed by atoms with Gasteiger partial charge in [-0.05, 0) is 30.5 Å². The van der Waals surface area contributed by atoms with Crippen LogP contribution < -0.4 is 5.32 Å². The lowest BCUT2D eigenvalue weighted by molar-refractivity contribution is 0.0948. The van der Waals surface area contributed by atoms with Crippen molar-refractivity contribution in [1.29, 1.82) is 0 Å². The molecule has 0 aromatic heterocycles. The van der Waals surface area contributed by atoms with Crippen molar-refractivity contribution in [2.45, 2.75) is 6.42 Å². The lowest BCUT2D eigenvalue weighted by Crippen LogP contribution is -2.29. The van der Waals surface area contributed by atoms with Crippen LogP contribution in [-0.4, -0.2) is 32.4 Å². The molecule has 6 heteroatoms. The molecule has 1 saturated heterocycles. The number of hydrogen-bond donors (Lipinski definition) is 1. The summed E-state index contributed by atoms with van der Waals surface area (Å²) >= 11 is 5.79. The zero-order valence-corrected chi connectivity index (χ0v) is 11.3. The quantitative estimate of drug-likeness (QED) is 0.916. The summed E-state index contributed by atoms with van der Waals surface area (Å²) in [5.74, 6) is 0.202. The highest BCUT2D eigenvalue weighted by Gasteiger charge is 2.27.